The molecule has 0 aliphatic rings. The van der Waals surface area contributed by atoms with Crippen molar-refractivity contribution < 1.29 is 0 Å². The van der Waals surface area contributed by atoms with Crippen molar-refractivity contribution in [1.29, 1.82) is 0 Å². The number of hydrogen-bond donors (Lipinski definition) is 2. The van der Waals surface area contributed by atoms with Crippen molar-refractivity contribution in [3.63, 3.8) is 0 Å². The van der Waals surface area contributed by atoms with Crippen LogP contribution in [-0.4, -0.2) is 23.4 Å². The van der Waals surface area contributed by atoms with Gasteiger partial charge in [-0.25, -0.2) is 0 Å². The Bertz CT molecular complexity index is 47.7. The summed E-state index contributed by atoms with van der Waals surface area (Å²) in [4.78, 5) is 6.51. The van der Waals surface area contributed by atoms with Gasteiger partial charge in [-0.15, -0.1) is 0 Å². The fraction of sp³-hybridized carbons (Fsp3) is 1.00. The molecule has 0 unspecified atom stereocenters. The Balaban J connectivity index is 2.72. The molecule has 0 heterocycles. The number of hydrogen-bond acceptors (Lipinski definition) is 2. The van der Waals surface area contributed by atoms with Gasteiger partial charge < -0.3 is 9.96 Å². The van der Waals surface area contributed by atoms with Crippen molar-refractivity contribution in [2.45, 2.75) is 13.8 Å². The lowest BCUT2D eigenvalue weighted by molar-refractivity contribution is 0.630. The molecule has 0 fully saturated rings. The highest BCUT2D eigenvalue weighted by molar-refractivity contribution is 6.28. The summed E-state index contributed by atoms with van der Waals surface area (Å²) in [5.41, 5.74) is 0. The lowest BCUT2D eigenvalue weighted by atomic mass is 10.2. The molecule has 3 heteroatoms. The van der Waals surface area contributed by atoms with Gasteiger partial charge in [0.1, 0.15) is 0 Å². The first kappa shape index (κ1) is 8.14. The summed E-state index contributed by atoms with van der Waals surface area (Å²) < 4.78 is 0. The molecule has 0 aliphatic heterocycles. The lowest BCUT2D eigenvalue weighted by Gasteiger charge is -2.04. The summed E-state index contributed by atoms with van der Waals surface area (Å²) in [6.07, 6.45) is 0. The second kappa shape index (κ2) is 5.28. The minimum atomic E-state index is -0.121. The molecule has 0 atom stereocenters. The van der Waals surface area contributed by atoms with Crippen LogP contribution in [0.2, 0.25) is 0 Å². The zero-order chi connectivity index (χ0) is 6.41. The fourth-order valence-electron chi connectivity index (χ4n) is 0.486. The molecule has 0 saturated heterocycles. The zero-order valence-corrected chi connectivity index (χ0v) is 7.41. The van der Waals surface area contributed by atoms with Crippen LogP contribution in [0.15, 0.2) is 0 Å². The maximum atomic E-state index is 3.36. The van der Waals surface area contributed by atoms with E-state index in [4.69, 9.17) is 0 Å². The van der Waals surface area contributed by atoms with Crippen LogP contribution in [0.5, 0.6) is 0 Å². The average Bonchev–Trinajstić information content (AvgIpc) is 1.66. The maximum absolute atomic E-state index is 3.36. The van der Waals surface area contributed by atoms with Crippen LogP contribution in [-0.2, 0) is 0 Å². The second-order valence-electron chi connectivity index (χ2n) is 2.38. The highest BCUT2D eigenvalue weighted by Gasteiger charge is 1.88. The van der Waals surface area contributed by atoms with E-state index in [0.717, 1.165) is 12.5 Å². The predicted octanol–water partition coefficient (Wildman–Crippen LogP) is -0.550. The van der Waals surface area contributed by atoms with E-state index in [0.29, 0.717) is 0 Å². The quantitative estimate of drug-likeness (QED) is 0.396. The molecule has 50 valence electrons. The van der Waals surface area contributed by atoms with Gasteiger partial charge in [-0.1, -0.05) is 13.8 Å². The van der Waals surface area contributed by atoms with E-state index in [-0.39, 0.29) is 9.84 Å². The van der Waals surface area contributed by atoms with E-state index in [1.165, 1.54) is 0 Å². The molecule has 0 aliphatic carbocycles. The molecular weight excluding hydrogens is 116 g/mol. The Labute approximate surface area is 54.0 Å². The zero-order valence-electron chi connectivity index (χ0n) is 5.99. The monoisotopic (exact) mass is 132 g/mol. The van der Waals surface area contributed by atoms with Crippen molar-refractivity contribution in [1.82, 2.24) is 9.96 Å². The van der Waals surface area contributed by atoms with E-state index >= 15 is 0 Å². The molecule has 0 rings (SSSR count). The van der Waals surface area contributed by atoms with Gasteiger partial charge >= 0.3 is 0 Å². The van der Waals surface area contributed by atoms with E-state index in [1.807, 2.05) is 7.05 Å². The van der Waals surface area contributed by atoms with Crippen molar-refractivity contribution in [3.8, 4) is 0 Å². The minimum Gasteiger partial charge on any atom is -0.333 e. The molecule has 2 N–H and O–H groups in total. The van der Waals surface area contributed by atoms with Crippen LogP contribution in [0.4, 0.5) is 0 Å². The van der Waals surface area contributed by atoms with Gasteiger partial charge in [0.25, 0.3) is 0 Å². The Kier molecular flexibility index (Phi) is 5.37. The summed E-state index contributed by atoms with van der Waals surface area (Å²) in [5.74, 6) is 0.788. The first-order valence-corrected chi connectivity index (χ1v) is 4.54. The summed E-state index contributed by atoms with van der Waals surface area (Å²) in [6, 6.07) is 0. The predicted molar refractivity (Wildman–Crippen MR) is 40.4 cm³/mol. The normalized spacial score (nSPS) is 12.0. The third-order valence-electron chi connectivity index (χ3n) is 0.854. The molecule has 0 aromatic rings. The molecule has 0 bridgehead atoms. The molecule has 2 nitrogen and oxygen atoms in total. The van der Waals surface area contributed by atoms with Gasteiger partial charge in [0.2, 0.25) is 0 Å². The summed E-state index contributed by atoms with van der Waals surface area (Å²) >= 11 is 0. The van der Waals surface area contributed by atoms with Gasteiger partial charge in [0, 0.05) is 0 Å². The second-order valence-corrected chi connectivity index (χ2v) is 3.94. The number of nitrogens with one attached hydrogen (secondary N) is 2. The molecule has 8 heavy (non-hydrogen) atoms. The van der Waals surface area contributed by atoms with Crippen LogP contribution < -0.4 is 9.96 Å². The first-order chi connectivity index (χ1) is 3.77. The van der Waals surface area contributed by atoms with E-state index in [1.54, 1.807) is 0 Å². The maximum Gasteiger partial charge on any atom is 0.167 e. The highest BCUT2D eigenvalue weighted by Crippen LogP contribution is 1.84. The molecule has 0 spiro atoms. The summed E-state index contributed by atoms with van der Waals surface area (Å²) in [6.45, 7) is 5.60. The average molecular weight is 132 g/mol. The SMILES string of the molecule is CN[SiH2]NCC(C)C. The van der Waals surface area contributed by atoms with Crippen LogP contribution in [0, 0.1) is 5.92 Å². The Morgan fingerprint density at radius 3 is 2.50 bits per heavy atom. The summed E-state index contributed by atoms with van der Waals surface area (Å²) in [5, 5.41) is 0. The molecule has 0 saturated carbocycles. The largest absolute Gasteiger partial charge is 0.333 e. The Morgan fingerprint density at radius 1 is 1.50 bits per heavy atom. The first-order valence-electron chi connectivity index (χ1n) is 3.12. The smallest absolute Gasteiger partial charge is 0.167 e. The van der Waals surface area contributed by atoms with Gasteiger partial charge in [-0.05, 0) is 19.5 Å². The van der Waals surface area contributed by atoms with E-state index in [9.17, 15) is 0 Å². The fourth-order valence-corrected chi connectivity index (χ4v) is 1.46. The molecule has 0 aromatic carbocycles. The molecule has 0 amide bonds. The van der Waals surface area contributed by atoms with Crippen molar-refractivity contribution in [2.24, 2.45) is 5.92 Å². The topological polar surface area (TPSA) is 24.1 Å². The Hall–Kier alpha value is 0.137. The summed E-state index contributed by atoms with van der Waals surface area (Å²) in [7, 11) is 1.88. The highest BCUT2D eigenvalue weighted by atomic mass is 28.2. The van der Waals surface area contributed by atoms with Crippen molar-refractivity contribution in [2.75, 3.05) is 13.6 Å². The minimum absolute atomic E-state index is 0.121. The van der Waals surface area contributed by atoms with E-state index < -0.39 is 0 Å². The third kappa shape index (κ3) is 6.14. The molecule has 0 aromatic heterocycles. The molecular formula is C5H16N2Si. The van der Waals surface area contributed by atoms with Gasteiger partial charge in [0.15, 0.2) is 9.84 Å². The van der Waals surface area contributed by atoms with Crippen LogP contribution in [0.1, 0.15) is 13.8 Å². The van der Waals surface area contributed by atoms with E-state index in [2.05, 4.69) is 23.8 Å². The van der Waals surface area contributed by atoms with Gasteiger partial charge in [0.05, 0.1) is 0 Å². The Morgan fingerprint density at radius 2 is 2.12 bits per heavy atom. The van der Waals surface area contributed by atoms with Crippen LogP contribution in [0.3, 0.4) is 0 Å². The third-order valence-corrected chi connectivity index (χ3v) is 1.75. The lowest BCUT2D eigenvalue weighted by Crippen LogP contribution is -2.33. The van der Waals surface area contributed by atoms with Crippen LogP contribution >= 0.6 is 0 Å². The standard InChI is InChI=1S/C5H16N2Si/c1-5(2)4-7-8-6-3/h5-7H,4,8H2,1-3H3. The van der Waals surface area contributed by atoms with Gasteiger partial charge in [-0.2, -0.15) is 0 Å². The van der Waals surface area contributed by atoms with Crippen molar-refractivity contribution >= 4 is 9.84 Å². The van der Waals surface area contributed by atoms with Gasteiger partial charge in [-0.3, -0.25) is 0 Å². The molecule has 0 radical (unpaired) electrons. The van der Waals surface area contributed by atoms with Crippen molar-refractivity contribution in [3.05, 3.63) is 0 Å². The van der Waals surface area contributed by atoms with Crippen LogP contribution in [0.25, 0.3) is 0 Å². The number of rotatable bonds is 4.